The second kappa shape index (κ2) is 6.73. The maximum atomic E-state index is 6.30. The first-order valence-corrected chi connectivity index (χ1v) is 8.40. The highest BCUT2D eigenvalue weighted by Crippen LogP contribution is 2.34. The monoisotopic (exact) mass is 344 g/mol. The van der Waals surface area contributed by atoms with E-state index in [-0.39, 0.29) is 0 Å². The van der Waals surface area contributed by atoms with Gasteiger partial charge in [0.05, 0.1) is 11.1 Å². The van der Waals surface area contributed by atoms with Crippen molar-refractivity contribution >= 4 is 34.8 Å². The fraction of sp³-hybridized carbons (Fsp3) is 0.211. The molecule has 3 rings (SSSR count). The molecule has 0 amide bonds. The van der Waals surface area contributed by atoms with Crippen molar-refractivity contribution in [2.24, 2.45) is 0 Å². The van der Waals surface area contributed by atoms with Crippen LogP contribution in [0.4, 0.5) is 0 Å². The van der Waals surface area contributed by atoms with E-state index in [4.69, 9.17) is 33.0 Å². The topological polar surface area (TPSA) is 22.4 Å². The average molecular weight is 345 g/mol. The molecule has 0 spiro atoms. The SMILES string of the molecule is CCOc1cc2occ(-c3ccccc3Cl)c(=S)c2cc1CC. The molecule has 2 nitrogen and oxygen atoms in total. The van der Waals surface area contributed by atoms with Crippen molar-refractivity contribution in [1.29, 1.82) is 0 Å². The second-order valence-electron chi connectivity index (χ2n) is 5.20. The summed E-state index contributed by atoms with van der Waals surface area (Å²) in [6.07, 6.45) is 2.55. The molecule has 0 aliphatic rings. The van der Waals surface area contributed by atoms with Gasteiger partial charge in [-0.2, -0.15) is 0 Å². The van der Waals surface area contributed by atoms with Crippen molar-refractivity contribution in [2.45, 2.75) is 20.3 Å². The quantitative estimate of drug-likeness (QED) is 0.508. The Morgan fingerprint density at radius 2 is 1.91 bits per heavy atom. The summed E-state index contributed by atoms with van der Waals surface area (Å²) in [7, 11) is 0. The number of halogens is 1. The number of ether oxygens (including phenoxy) is 1. The molecule has 1 heterocycles. The highest BCUT2D eigenvalue weighted by molar-refractivity contribution is 7.71. The minimum atomic E-state index is 0.622. The van der Waals surface area contributed by atoms with Crippen molar-refractivity contribution in [2.75, 3.05) is 6.61 Å². The minimum Gasteiger partial charge on any atom is -0.493 e. The lowest BCUT2D eigenvalue weighted by Gasteiger charge is -2.11. The molecule has 0 saturated heterocycles. The van der Waals surface area contributed by atoms with E-state index in [1.54, 1.807) is 6.26 Å². The zero-order valence-electron chi connectivity index (χ0n) is 13.1. The van der Waals surface area contributed by atoms with Crippen LogP contribution in [0.15, 0.2) is 47.1 Å². The van der Waals surface area contributed by atoms with Crippen LogP contribution in [0.2, 0.25) is 5.02 Å². The summed E-state index contributed by atoms with van der Waals surface area (Å²) in [4.78, 5) is 0. The van der Waals surface area contributed by atoms with E-state index in [0.717, 1.165) is 44.3 Å². The first-order valence-electron chi connectivity index (χ1n) is 7.61. The summed E-state index contributed by atoms with van der Waals surface area (Å²) in [6.45, 7) is 4.69. The Hall–Kier alpha value is -1.84. The molecule has 0 radical (unpaired) electrons. The zero-order chi connectivity index (χ0) is 16.4. The molecule has 0 atom stereocenters. The van der Waals surface area contributed by atoms with Gasteiger partial charge >= 0.3 is 0 Å². The van der Waals surface area contributed by atoms with Crippen LogP contribution in [0.1, 0.15) is 19.4 Å². The number of hydrogen-bond acceptors (Lipinski definition) is 3. The average Bonchev–Trinajstić information content (AvgIpc) is 2.56. The molecule has 1 aromatic heterocycles. The van der Waals surface area contributed by atoms with Gasteiger partial charge in [0.15, 0.2) is 0 Å². The van der Waals surface area contributed by atoms with Crippen LogP contribution in [0.3, 0.4) is 0 Å². The van der Waals surface area contributed by atoms with Crippen LogP contribution in [-0.2, 0) is 6.42 Å². The summed E-state index contributed by atoms with van der Waals surface area (Å²) in [5.41, 5.74) is 3.57. The number of fused-ring (bicyclic) bond motifs is 1. The van der Waals surface area contributed by atoms with Gasteiger partial charge in [-0.1, -0.05) is 48.9 Å². The third kappa shape index (κ3) is 2.99. The number of hydrogen-bond donors (Lipinski definition) is 0. The maximum Gasteiger partial charge on any atom is 0.138 e. The van der Waals surface area contributed by atoms with Gasteiger partial charge in [-0.05, 0) is 31.0 Å². The van der Waals surface area contributed by atoms with Gasteiger partial charge in [-0.15, -0.1) is 0 Å². The largest absolute Gasteiger partial charge is 0.493 e. The molecule has 3 aromatic rings. The summed E-state index contributed by atoms with van der Waals surface area (Å²) >= 11 is 12.0. The molecule has 23 heavy (non-hydrogen) atoms. The van der Waals surface area contributed by atoms with Gasteiger partial charge < -0.3 is 9.15 Å². The van der Waals surface area contributed by atoms with Crippen molar-refractivity contribution in [3.8, 4) is 16.9 Å². The Morgan fingerprint density at radius 1 is 1.13 bits per heavy atom. The Balaban J connectivity index is 2.25. The van der Waals surface area contributed by atoms with E-state index in [0.29, 0.717) is 11.6 Å². The molecular formula is C19H17ClO2S. The molecule has 4 heteroatoms. The molecule has 0 aliphatic carbocycles. The first-order chi connectivity index (χ1) is 11.2. The maximum absolute atomic E-state index is 6.30. The molecule has 0 bridgehead atoms. The summed E-state index contributed by atoms with van der Waals surface area (Å²) in [5, 5.41) is 1.58. The lowest BCUT2D eigenvalue weighted by molar-refractivity contribution is 0.337. The van der Waals surface area contributed by atoms with E-state index in [1.165, 1.54) is 0 Å². The van der Waals surface area contributed by atoms with E-state index in [2.05, 4.69) is 13.0 Å². The van der Waals surface area contributed by atoms with E-state index < -0.39 is 0 Å². The normalized spacial score (nSPS) is 10.9. The molecule has 0 unspecified atom stereocenters. The predicted octanol–water partition coefficient (Wildman–Crippen LogP) is 6.44. The fourth-order valence-corrected chi connectivity index (χ4v) is 3.19. The van der Waals surface area contributed by atoms with Crippen molar-refractivity contribution < 1.29 is 9.15 Å². The second-order valence-corrected chi connectivity index (χ2v) is 6.02. The number of rotatable bonds is 4. The van der Waals surface area contributed by atoms with Crippen LogP contribution in [0, 0.1) is 4.51 Å². The highest BCUT2D eigenvalue weighted by atomic mass is 35.5. The number of aryl methyl sites for hydroxylation is 1. The fourth-order valence-electron chi connectivity index (χ4n) is 2.63. The van der Waals surface area contributed by atoms with Crippen molar-refractivity contribution in [1.82, 2.24) is 0 Å². The predicted molar refractivity (Wildman–Crippen MR) is 98.0 cm³/mol. The van der Waals surface area contributed by atoms with Gasteiger partial charge in [0.2, 0.25) is 0 Å². The third-order valence-corrected chi connectivity index (χ3v) is 4.57. The zero-order valence-corrected chi connectivity index (χ0v) is 14.6. The van der Waals surface area contributed by atoms with Gasteiger partial charge in [0, 0.05) is 27.6 Å². The molecule has 0 fully saturated rings. The smallest absolute Gasteiger partial charge is 0.138 e. The Labute approximate surface area is 145 Å². The minimum absolute atomic E-state index is 0.622. The standard InChI is InChI=1S/C19H17ClO2S/c1-3-12-9-14-18(10-17(12)21-4-2)22-11-15(19(14)23)13-7-5-6-8-16(13)20/h5-11H,3-4H2,1-2H3. The summed E-state index contributed by atoms with van der Waals surface area (Å²) in [5.74, 6) is 0.853. The van der Waals surface area contributed by atoms with Crippen LogP contribution < -0.4 is 4.74 Å². The lowest BCUT2D eigenvalue weighted by atomic mass is 10.0. The Kier molecular flexibility index (Phi) is 4.69. The molecule has 118 valence electrons. The van der Waals surface area contributed by atoms with Gasteiger partial charge in [0.25, 0.3) is 0 Å². The molecular weight excluding hydrogens is 328 g/mol. The van der Waals surface area contributed by atoms with Gasteiger partial charge in [-0.3, -0.25) is 0 Å². The Bertz CT molecular complexity index is 915. The Morgan fingerprint density at radius 3 is 2.61 bits per heavy atom. The summed E-state index contributed by atoms with van der Waals surface area (Å²) in [6, 6.07) is 11.6. The molecule has 0 saturated carbocycles. The van der Waals surface area contributed by atoms with Crippen molar-refractivity contribution in [3.05, 3.63) is 57.8 Å². The number of benzene rings is 2. The van der Waals surface area contributed by atoms with Crippen LogP contribution in [0.5, 0.6) is 5.75 Å². The molecule has 0 aliphatic heterocycles. The van der Waals surface area contributed by atoms with Crippen LogP contribution in [0.25, 0.3) is 22.1 Å². The third-order valence-electron chi connectivity index (χ3n) is 3.80. The van der Waals surface area contributed by atoms with Crippen molar-refractivity contribution in [3.63, 3.8) is 0 Å². The van der Waals surface area contributed by atoms with E-state index in [1.807, 2.05) is 37.3 Å². The van der Waals surface area contributed by atoms with E-state index in [9.17, 15) is 0 Å². The lowest BCUT2D eigenvalue weighted by Crippen LogP contribution is -1.96. The van der Waals surface area contributed by atoms with Crippen LogP contribution in [-0.4, -0.2) is 6.61 Å². The first kappa shape index (κ1) is 16.0. The molecule has 2 aromatic carbocycles. The van der Waals surface area contributed by atoms with Gasteiger partial charge in [0.1, 0.15) is 17.6 Å². The summed E-state index contributed by atoms with van der Waals surface area (Å²) < 4.78 is 12.3. The van der Waals surface area contributed by atoms with Crippen LogP contribution >= 0.6 is 23.8 Å². The van der Waals surface area contributed by atoms with Gasteiger partial charge in [-0.25, -0.2) is 0 Å². The highest BCUT2D eigenvalue weighted by Gasteiger charge is 2.12. The van der Waals surface area contributed by atoms with E-state index >= 15 is 0 Å². The molecule has 0 N–H and O–H groups in total.